The standard InChI is InChI=1S/C25H30NO6P/c27-18-21-17-23(11-12-25(21)28)31-16-4-14-26-15-13-20-7-9-22(10-8-20)32-19-33(29,30)24-5-2-1-3-6-24/h1-3,5-12,17,26-28H,4,13-16,18-19H2,(H,29,30). The van der Waals surface area contributed by atoms with E-state index in [1.807, 2.05) is 24.3 Å². The first-order valence-corrected chi connectivity index (χ1v) is 12.7. The van der Waals surface area contributed by atoms with E-state index in [-0.39, 0.29) is 18.7 Å². The summed E-state index contributed by atoms with van der Waals surface area (Å²) in [6, 6.07) is 20.9. The molecule has 4 N–H and O–H groups in total. The molecule has 0 aliphatic heterocycles. The molecule has 0 aliphatic carbocycles. The van der Waals surface area contributed by atoms with E-state index in [1.165, 1.54) is 6.07 Å². The lowest BCUT2D eigenvalue weighted by Crippen LogP contribution is -2.20. The first-order valence-electron chi connectivity index (χ1n) is 10.8. The minimum Gasteiger partial charge on any atom is -0.508 e. The first-order chi connectivity index (χ1) is 16.0. The summed E-state index contributed by atoms with van der Waals surface area (Å²) in [4.78, 5) is 10.2. The maximum atomic E-state index is 12.4. The van der Waals surface area contributed by atoms with Crippen LogP contribution in [0.5, 0.6) is 17.2 Å². The van der Waals surface area contributed by atoms with Crippen molar-refractivity contribution in [3.63, 3.8) is 0 Å². The number of nitrogens with one attached hydrogen (secondary N) is 1. The molecule has 0 bridgehead atoms. The molecule has 0 amide bonds. The second-order valence-electron chi connectivity index (χ2n) is 7.61. The van der Waals surface area contributed by atoms with Crippen LogP contribution in [0.15, 0.2) is 72.8 Å². The van der Waals surface area contributed by atoms with Crippen molar-refractivity contribution in [1.82, 2.24) is 5.32 Å². The molecule has 0 saturated carbocycles. The summed E-state index contributed by atoms with van der Waals surface area (Å²) in [5, 5.41) is 22.5. The summed E-state index contributed by atoms with van der Waals surface area (Å²) in [6.07, 6.45) is 1.41. The quantitative estimate of drug-likeness (QED) is 0.223. The van der Waals surface area contributed by atoms with Crippen LogP contribution < -0.4 is 20.1 Å². The maximum Gasteiger partial charge on any atom is 0.265 e. The third-order valence-corrected chi connectivity index (χ3v) is 6.65. The highest BCUT2D eigenvalue weighted by molar-refractivity contribution is 7.65. The van der Waals surface area contributed by atoms with Gasteiger partial charge in [0.25, 0.3) is 7.37 Å². The van der Waals surface area contributed by atoms with Gasteiger partial charge in [-0.1, -0.05) is 30.3 Å². The van der Waals surface area contributed by atoms with Crippen LogP contribution in [0.3, 0.4) is 0 Å². The molecule has 0 fully saturated rings. The Kier molecular flexibility index (Phi) is 9.34. The topological polar surface area (TPSA) is 108 Å². The van der Waals surface area contributed by atoms with E-state index in [1.54, 1.807) is 42.5 Å². The Morgan fingerprint density at radius 3 is 2.33 bits per heavy atom. The highest BCUT2D eigenvalue weighted by atomic mass is 31.2. The number of phenols is 1. The Hall–Kier alpha value is -2.83. The van der Waals surface area contributed by atoms with Gasteiger partial charge in [-0.25, -0.2) is 0 Å². The summed E-state index contributed by atoms with van der Waals surface area (Å²) < 4.78 is 23.6. The number of rotatable bonds is 13. The van der Waals surface area contributed by atoms with E-state index in [9.17, 15) is 14.6 Å². The van der Waals surface area contributed by atoms with E-state index in [0.717, 1.165) is 31.5 Å². The molecule has 176 valence electrons. The minimum atomic E-state index is -3.54. The fraction of sp³-hybridized carbons (Fsp3) is 0.280. The number of aliphatic hydroxyl groups excluding tert-OH is 1. The van der Waals surface area contributed by atoms with Crippen LogP contribution in [0, 0.1) is 0 Å². The van der Waals surface area contributed by atoms with Crippen molar-refractivity contribution < 1.29 is 29.1 Å². The SMILES string of the molecule is O=P(O)(COc1ccc(CCNCCCOc2ccc(O)c(CO)c2)cc1)c1ccccc1. The van der Waals surface area contributed by atoms with Gasteiger partial charge in [0.15, 0.2) is 6.35 Å². The highest BCUT2D eigenvalue weighted by Crippen LogP contribution is 2.39. The Balaban J connectivity index is 1.31. The highest BCUT2D eigenvalue weighted by Gasteiger charge is 2.21. The van der Waals surface area contributed by atoms with Crippen LogP contribution in [0.2, 0.25) is 0 Å². The van der Waals surface area contributed by atoms with Crippen LogP contribution in [-0.2, 0) is 17.6 Å². The van der Waals surface area contributed by atoms with Gasteiger partial charge in [0.2, 0.25) is 0 Å². The molecule has 1 atom stereocenters. The van der Waals surface area contributed by atoms with Crippen molar-refractivity contribution in [3.05, 3.63) is 83.9 Å². The Morgan fingerprint density at radius 2 is 1.61 bits per heavy atom. The van der Waals surface area contributed by atoms with Crippen LogP contribution in [0.25, 0.3) is 0 Å². The van der Waals surface area contributed by atoms with Gasteiger partial charge in [0.1, 0.15) is 17.2 Å². The number of aromatic hydroxyl groups is 1. The smallest absolute Gasteiger partial charge is 0.265 e. The fourth-order valence-corrected chi connectivity index (χ4v) is 4.28. The zero-order chi connectivity index (χ0) is 23.5. The molecule has 3 rings (SSSR count). The molecule has 0 saturated heterocycles. The zero-order valence-corrected chi connectivity index (χ0v) is 19.3. The van der Waals surface area contributed by atoms with Crippen LogP contribution >= 0.6 is 7.37 Å². The molecule has 0 aromatic heterocycles. The molecule has 8 heteroatoms. The molecule has 0 heterocycles. The molecule has 0 spiro atoms. The van der Waals surface area contributed by atoms with Gasteiger partial charge in [-0.2, -0.15) is 0 Å². The van der Waals surface area contributed by atoms with Crippen molar-refractivity contribution in [2.75, 3.05) is 26.0 Å². The van der Waals surface area contributed by atoms with E-state index >= 15 is 0 Å². The number of hydrogen-bond acceptors (Lipinski definition) is 6. The number of hydrogen-bond donors (Lipinski definition) is 4. The molecule has 1 unspecified atom stereocenters. The maximum absolute atomic E-state index is 12.4. The lowest BCUT2D eigenvalue weighted by atomic mass is 10.1. The summed E-state index contributed by atoms with van der Waals surface area (Å²) >= 11 is 0. The lowest BCUT2D eigenvalue weighted by molar-refractivity contribution is 0.272. The van der Waals surface area contributed by atoms with E-state index in [4.69, 9.17) is 14.6 Å². The lowest BCUT2D eigenvalue weighted by Gasteiger charge is -2.13. The van der Waals surface area contributed by atoms with Crippen molar-refractivity contribution in [3.8, 4) is 17.2 Å². The first kappa shape index (κ1) is 24.8. The van der Waals surface area contributed by atoms with E-state index in [0.29, 0.717) is 29.0 Å². The number of benzene rings is 3. The summed E-state index contributed by atoms with van der Waals surface area (Å²) in [5.41, 5.74) is 1.59. The van der Waals surface area contributed by atoms with Gasteiger partial charge in [0.05, 0.1) is 13.2 Å². The molecule has 3 aromatic carbocycles. The molecule has 0 radical (unpaired) electrons. The summed E-state index contributed by atoms with van der Waals surface area (Å²) in [6.45, 7) is 1.92. The Labute approximate surface area is 194 Å². The number of aliphatic hydroxyl groups is 1. The molecular formula is C25H30NO6P. The largest absolute Gasteiger partial charge is 0.508 e. The molecular weight excluding hydrogens is 441 g/mol. The van der Waals surface area contributed by atoms with Gasteiger partial charge in [-0.3, -0.25) is 4.57 Å². The second kappa shape index (κ2) is 12.4. The fourth-order valence-electron chi connectivity index (χ4n) is 3.17. The van der Waals surface area contributed by atoms with Gasteiger partial charge >= 0.3 is 0 Å². The van der Waals surface area contributed by atoms with E-state index < -0.39 is 7.37 Å². The predicted molar refractivity (Wildman–Crippen MR) is 129 cm³/mol. The number of ether oxygens (including phenoxy) is 2. The third-order valence-electron chi connectivity index (χ3n) is 5.07. The Morgan fingerprint density at radius 1 is 0.879 bits per heavy atom. The Bertz CT molecular complexity index is 1040. The van der Waals surface area contributed by atoms with Crippen LogP contribution in [0.1, 0.15) is 17.5 Å². The zero-order valence-electron chi connectivity index (χ0n) is 18.4. The predicted octanol–water partition coefficient (Wildman–Crippen LogP) is 3.42. The van der Waals surface area contributed by atoms with Crippen LogP contribution in [0.4, 0.5) is 0 Å². The second-order valence-corrected chi connectivity index (χ2v) is 9.78. The van der Waals surface area contributed by atoms with Gasteiger partial charge in [0, 0.05) is 10.9 Å². The molecule has 33 heavy (non-hydrogen) atoms. The van der Waals surface area contributed by atoms with E-state index in [2.05, 4.69) is 5.32 Å². The molecule has 0 aliphatic rings. The summed E-state index contributed by atoms with van der Waals surface area (Å²) in [7, 11) is -3.54. The van der Waals surface area contributed by atoms with Crippen LogP contribution in [-0.4, -0.2) is 41.2 Å². The van der Waals surface area contributed by atoms with Crippen molar-refractivity contribution >= 4 is 12.7 Å². The molecule has 7 nitrogen and oxygen atoms in total. The average molecular weight is 471 g/mol. The minimum absolute atomic E-state index is 0.0618. The molecule has 3 aromatic rings. The normalized spacial score (nSPS) is 12.8. The monoisotopic (exact) mass is 471 g/mol. The van der Waals surface area contributed by atoms with Crippen molar-refractivity contribution in [2.24, 2.45) is 0 Å². The van der Waals surface area contributed by atoms with Gasteiger partial charge in [-0.05, 0) is 74.0 Å². The third kappa shape index (κ3) is 7.91. The summed E-state index contributed by atoms with van der Waals surface area (Å²) in [5.74, 6) is 1.25. The van der Waals surface area contributed by atoms with Gasteiger partial charge < -0.3 is 29.9 Å². The van der Waals surface area contributed by atoms with Crippen molar-refractivity contribution in [1.29, 1.82) is 0 Å². The average Bonchev–Trinajstić information content (AvgIpc) is 2.84. The van der Waals surface area contributed by atoms with Crippen molar-refractivity contribution in [2.45, 2.75) is 19.4 Å². The van der Waals surface area contributed by atoms with Gasteiger partial charge in [-0.15, -0.1) is 0 Å².